The van der Waals surface area contributed by atoms with E-state index in [9.17, 15) is 0 Å². The van der Waals surface area contributed by atoms with Crippen molar-refractivity contribution in [3.8, 4) is 11.4 Å². The van der Waals surface area contributed by atoms with Crippen LogP contribution in [0.3, 0.4) is 0 Å². The number of aromatic nitrogens is 2. The Hall–Kier alpha value is -1.61. The molecule has 0 aliphatic carbocycles. The molecule has 1 heterocycles. The SMILES string of the molecule is CCn1ccnc1-c1ccccc1CN. The molecule has 1 aromatic heterocycles. The summed E-state index contributed by atoms with van der Waals surface area (Å²) in [5, 5.41) is 0. The smallest absolute Gasteiger partial charge is 0.140 e. The first-order valence-corrected chi connectivity index (χ1v) is 5.16. The number of nitrogens with zero attached hydrogens (tertiary/aromatic N) is 2. The van der Waals surface area contributed by atoms with E-state index in [4.69, 9.17) is 5.73 Å². The summed E-state index contributed by atoms with van der Waals surface area (Å²) in [6.45, 7) is 3.58. The van der Waals surface area contributed by atoms with E-state index in [0.29, 0.717) is 6.54 Å². The summed E-state index contributed by atoms with van der Waals surface area (Å²) < 4.78 is 2.12. The number of hydrogen-bond acceptors (Lipinski definition) is 2. The fourth-order valence-electron chi connectivity index (χ4n) is 1.73. The van der Waals surface area contributed by atoms with Crippen molar-refractivity contribution in [1.82, 2.24) is 9.55 Å². The van der Waals surface area contributed by atoms with Gasteiger partial charge in [0.1, 0.15) is 5.82 Å². The average Bonchev–Trinajstić information content (AvgIpc) is 2.76. The van der Waals surface area contributed by atoms with Gasteiger partial charge in [-0.05, 0) is 12.5 Å². The summed E-state index contributed by atoms with van der Waals surface area (Å²) in [6.07, 6.45) is 3.81. The molecule has 0 bridgehead atoms. The van der Waals surface area contributed by atoms with E-state index in [1.807, 2.05) is 30.6 Å². The van der Waals surface area contributed by atoms with Crippen molar-refractivity contribution in [1.29, 1.82) is 0 Å². The van der Waals surface area contributed by atoms with Crippen LogP contribution in [0.1, 0.15) is 12.5 Å². The lowest BCUT2D eigenvalue weighted by atomic mass is 10.1. The quantitative estimate of drug-likeness (QED) is 0.825. The molecular weight excluding hydrogens is 186 g/mol. The summed E-state index contributed by atoms with van der Waals surface area (Å²) in [6, 6.07) is 8.13. The highest BCUT2D eigenvalue weighted by Gasteiger charge is 2.07. The van der Waals surface area contributed by atoms with Crippen molar-refractivity contribution in [2.75, 3.05) is 0 Å². The van der Waals surface area contributed by atoms with Crippen LogP contribution in [0.5, 0.6) is 0 Å². The molecule has 0 atom stereocenters. The standard InChI is InChI=1S/C12H15N3/c1-2-15-8-7-14-12(15)11-6-4-3-5-10(11)9-13/h3-8H,2,9,13H2,1H3. The number of hydrogen-bond donors (Lipinski definition) is 1. The maximum atomic E-state index is 5.71. The predicted molar refractivity (Wildman–Crippen MR) is 61.2 cm³/mol. The van der Waals surface area contributed by atoms with Crippen LogP contribution in [0.15, 0.2) is 36.7 Å². The lowest BCUT2D eigenvalue weighted by molar-refractivity contribution is 0.769. The van der Waals surface area contributed by atoms with Crippen molar-refractivity contribution >= 4 is 0 Å². The average molecular weight is 201 g/mol. The minimum Gasteiger partial charge on any atom is -0.331 e. The fourth-order valence-corrected chi connectivity index (χ4v) is 1.73. The molecule has 3 heteroatoms. The molecule has 1 aromatic carbocycles. The van der Waals surface area contributed by atoms with Gasteiger partial charge in [0.25, 0.3) is 0 Å². The Morgan fingerprint density at radius 1 is 1.33 bits per heavy atom. The maximum absolute atomic E-state index is 5.71. The Labute approximate surface area is 89.6 Å². The molecule has 2 N–H and O–H groups in total. The summed E-state index contributed by atoms with van der Waals surface area (Å²) in [4.78, 5) is 4.37. The van der Waals surface area contributed by atoms with Gasteiger partial charge >= 0.3 is 0 Å². The lowest BCUT2D eigenvalue weighted by Crippen LogP contribution is -2.02. The molecule has 0 unspecified atom stereocenters. The first-order chi connectivity index (χ1) is 7.36. The molecule has 0 saturated carbocycles. The largest absolute Gasteiger partial charge is 0.331 e. The predicted octanol–water partition coefficient (Wildman–Crippen LogP) is 2.03. The van der Waals surface area contributed by atoms with Crippen molar-refractivity contribution in [2.24, 2.45) is 5.73 Å². The van der Waals surface area contributed by atoms with Gasteiger partial charge in [-0.25, -0.2) is 4.98 Å². The number of nitrogens with two attached hydrogens (primary N) is 1. The van der Waals surface area contributed by atoms with Crippen LogP contribution < -0.4 is 5.73 Å². The molecule has 2 aromatic rings. The summed E-state index contributed by atoms with van der Waals surface area (Å²) in [5.41, 5.74) is 7.98. The van der Waals surface area contributed by atoms with Crippen LogP contribution in [-0.4, -0.2) is 9.55 Å². The van der Waals surface area contributed by atoms with Gasteiger partial charge in [-0.15, -0.1) is 0 Å². The van der Waals surface area contributed by atoms with Gasteiger partial charge < -0.3 is 10.3 Å². The summed E-state index contributed by atoms with van der Waals surface area (Å²) in [5.74, 6) is 0.999. The van der Waals surface area contributed by atoms with Crippen LogP contribution in [0.2, 0.25) is 0 Å². The van der Waals surface area contributed by atoms with Crippen molar-refractivity contribution in [3.63, 3.8) is 0 Å². The van der Waals surface area contributed by atoms with Gasteiger partial charge in [-0.3, -0.25) is 0 Å². The number of imidazole rings is 1. The number of rotatable bonds is 3. The van der Waals surface area contributed by atoms with Crippen molar-refractivity contribution in [3.05, 3.63) is 42.2 Å². The van der Waals surface area contributed by atoms with E-state index in [0.717, 1.165) is 23.5 Å². The van der Waals surface area contributed by atoms with Gasteiger partial charge in [0.05, 0.1) is 0 Å². The van der Waals surface area contributed by atoms with Crippen molar-refractivity contribution < 1.29 is 0 Å². The first kappa shape index (κ1) is 9.93. The van der Waals surface area contributed by atoms with E-state index in [2.05, 4.69) is 22.5 Å². The van der Waals surface area contributed by atoms with Crippen LogP contribution in [0, 0.1) is 0 Å². The summed E-state index contributed by atoms with van der Waals surface area (Å²) >= 11 is 0. The number of benzene rings is 1. The molecule has 0 fully saturated rings. The van der Waals surface area contributed by atoms with Gasteiger partial charge in [0.2, 0.25) is 0 Å². The number of aryl methyl sites for hydroxylation is 1. The summed E-state index contributed by atoms with van der Waals surface area (Å²) in [7, 11) is 0. The minimum atomic E-state index is 0.548. The normalized spacial score (nSPS) is 10.5. The Morgan fingerprint density at radius 3 is 2.87 bits per heavy atom. The topological polar surface area (TPSA) is 43.8 Å². The maximum Gasteiger partial charge on any atom is 0.140 e. The molecular formula is C12H15N3. The van der Waals surface area contributed by atoms with Crippen molar-refractivity contribution in [2.45, 2.75) is 20.0 Å². The van der Waals surface area contributed by atoms with Gasteiger partial charge in [-0.1, -0.05) is 24.3 Å². The molecule has 0 aliphatic rings. The van der Waals surface area contributed by atoms with Crippen LogP contribution in [0.4, 0.5) is 0 Å². The van der Waals surface area contributed by atoms with Crippen LogP contribution in [-0.2, 0) is 13.1 Å². The molecule has 0 amide bonds. The zero-order valence-corrected chi connectivity index (χ0v) is 8.85. The molecule has 0 saturated heterocycles. The van der Waals surface area contributed by atoms with E-state index in [1.54, 1.807) is 0 Å². The van der Waals surface area contributed by atoms with E-state index in [-0.39, 0.29) is 0 Å². The highest BCUT2D eigenvalue weighted by atomic mass is 15.1. The van der Waals surface area contributed by atoms with E-state index in [1.165, 1.54) is 0 Å². The highest BCUT2D eigenvalue weighted by molar-refractivity contribution is 5.60. The Balaban J connectivity index is 2.53. The molecule has 3 nitrogen and oxygen atoms in total. The second-order valence-corrected chi connectivity index (χ2v) is 3.40. The van der Waals surface area contributed by atoms with E-state index < -0.39 is 0 Å². The molecule has 78 valence electrons. The first-order valence-electron chi connectivity index (χ1n) is 5.16. The third kappa shape index (κ3) is 1.78. The lowest BCUT2D eigenvalue weighted by Gasteiger charge is -2.08. The van der Waals surface area contributed by atoms with Gasteiger partial charge in [0, 0.05) is 31.0 Å². The van der Waals surface area contributed by atoms with E-state index >= 15 is 0 Å². The zero-order valence-electron chi connectivity index (χ0n) is 8.85. The zero-order chi connectivity index (χ0) is 10.7. The highest BCUT2D eigenvalue weighted by Crippen LogP contribution is 2.21. The third-order valence-electron chi connectivity index (χ3n) is 2.53. The van der Waals surface area contributed by atoms with Crippen LogP contribution >= 0.6 is 0 Å². The Morgan fingerprint density at radius 2 is 2.13 bits per heavy atom. The molecule has 0 radical (unpaired) electrons. The molecule has 0 spiro atoms. The fraction of sp³-hybridized carbons (Fsp3) is 0.250. The Kier molecular flexibility index (Phi) is 2.83. The molecule has 15 heavy (non-hydrogen) atoms. The van der Waals surface area contributed by atoms with Gasteiger partial charge in [-0.2, -0.15) is 0 Å². The molecule has 2 rings (SSSR count). The Bertz CT molecular complexity index is 446. The second-order valence-electron chi connectivity index (χ2n) is 3.40. The third-order valence-corrected chi connectivity index (χ3v) is 2.53. The minimum absolute atomic E-state index is 0.548. The second kappa shape index (κ2) is 4.28. The van der Waals surface area contributed by atoms with Crippen LogP contribution in [0.25, 0.3) is 11.4 Å². The molecule has 0 aliphatic heterocycles. The van der Waals surface area contributed by atoms with Gasteiger partial charge in [0.15, 0.2) is 0 Å². The monoisotopic (exact) mass is 201 g/mol.